The predicted octanol–water partition coefficient (Wildman–Crippen LogP) is 2.20. The fourth-order valence-electron chi connectivity index (χ4n) is 1.39. The first-order valence-electron chi connectivity index (χ1n) is 4.66. The summed E-state index contributed by atoms with van der Waals surface area (Å²) in [5.74, 6) is 0. The fourth-order valence-corrected chi connectivity index (χ4v) is 1.39. The lowest BCUT2D eigenvalue weighted by Gasteiger charge is -2.13. The van der Waals surface area contributed by atoms with Crippen LogP contribution >= 0.6 is 0 Å². The Kier molecular flexibility index (Phi) is 3.95. The van der Waals surface area contributed by atoms with Crippen molar-refractivity contribution < 1.29 is 33.1 Å². The summed E-state index contributed by atoms with van der Waals surface area (Å²) in [6.45, 7) is -1.04. The smallest absolute Gasteiger partial charge is 0.417 e. The molecule has 104 valence electrons. The van der Waals surface area contributed by atoms with E-state index in [9.17, 15) is 28.1 Å². The molecule has 19 heavy (non-hydrogen) atoms. The van der Waals surface area contributed by atoms with Crippen molar-refractivity contribution in [3.63, 3.8) is 0 Å². The van der Waals surface area contributed by atoms with Crippen molar-refractivity contribution in [1.29, 1.82) is 0 Å². The minimum absolute atomic E-state index is 0.177. The van der Waals surface area contributed by atoms with Gasteiger partial charge in [0.2, 0.25) is 0 Å². The van der Waals surface area contributed by atoms with Gasteiger partial charge in [0.15, 0.2) is 0 Å². The van der Waals surface area contributed by atoms with Crippen molar-refractivity contribution in [3.05, 3.63) is 33.4 Å². The number of carboxylic acid groups (broad SMARTS) is 1. The van der Waals surface area contributed by atoms with Gasteiger partial charge >= 0.3 is 12.3 Å². The quantitative estimate of drug-likeness (QED) is 0.580. The molecule has 0 aliphatic heterocycles. The van der Waals surface area contributed by atoms with Crippen molar-refractivity contribution >= 4 is 17.5 Å². The molecule has 0 bridgehead atoms. The number of amides is 1. The molecule has 7 nitrogen and oxygen atoms in total. The second kappa shape index (κ2) is 5.10. The van der Waals surface area contributed by atoms with E-state index < -0.39 is 46.3 Å². The summed E-state index contributed by atoms with van der Waals surface area (Å²) in [7, 11) is 0. The van der Waals surface area contributed by atoms with E-state index in [4.69, 9.17) is 10.2 Å². The van der Waals surface area contributed by atoms with E-state index >= 15 is 0 Å². The molecule has 0 spiro atoms. The van der Waals surface area contributed by atoms with Crippen LogP contribution in [0.25, 0.3) is 0 Å². The number of benzene rings is 1. The number of anilines is 1. The number of nitro groups is 1. The minimum Gasteiger partial charge on any atom is -0.465 e. The van der Waals surface area contributed by atoms with Crippen LogP contribution in [-0.2, 0) is 12.8 Å². The number of nitrogens with one attached hydrogen (secondary N) is 1. The van der Waals surface area contributed by atoms with Gasteiger partial charge in [-0.15, -0.1) is 0 Å². The third kappa shape index (κ3) is 3.31. The highest BCUT2D eigenvalue weighted by atomic mass is 19.4. The Bertz CT molecular complexity index is 529. The molecule has 3 N–H and O–H groups in total. The summed E-state index contributed by atoms with van der Waals surface area (Å²) in [6.07, 6.45) is -6.57. The summed E-state index contributed by atoms with van der Waals surface area (Å²) in [5.41, 5.74) is -3.75. The van der Waals surface area contributed by atoms with Gasteiger partial charge < -0.3 is 10.2 Å². The van der Waals surface area contributed by atoms with Gasteiger partial charge in [-0.25, -0.2) is 4.79 Å². The third-order valence-corrected chi connectivity index (χ3v) is 2.14. The molecule has 0 saturated carbocycles. The lowest BCUT2D eigenvalue weighted by atomic mass is 10.0. The normalized spacial score (nSPS) is 11.2. The van der Waals surface area contributed by atoms with Gasteiger partial charge in [-0.1, -0.05) is 0 Å². The molecular weight excluding hydrogens is 273 g/mol. The van der Waals surface area contributed by atoms with Crippen molar-refractivity contribution in [2.75, 3.05) is 5.32 Å². The van der Waals surface area contributed by atoms with Crippen LogP contribution in [0.2, 0.25) is 0 Å². The van der Waals surface area contributed by atoms with Crippen molar-refractivity contribution in [2.45, 2.75) is 12.8 Å². The molecule has 0 fully saturated rings. The number of hydrogen-bond donors (Lipinski definition) is 3. The zero-order chi connectivity index (χ0) is 14.8. The summed E-state index contributed by atoms with van der Waals surface area (Å²) in [5, 5.41) is 29.5. The average Bonchev–Trinajstić information content (AvgIpc) is 2.25. The maximum atomic E-state index is 12.6. The van der Waals surface area contributed by atoms with Gasteiger partial charge in [0.1, 0.15) is 5.69 Å². The van der Waals surface area contributed by atoms with Gasteiger partial charge in [-0.05, 0) is 11.6 Å². The molecule has 0 unspecified atom stereocenters. The molecule has 1 aromatic carbocycles. The molecule has 0 radical (unpaired) electrons. The number of nitrogens with zero attached hydrogens (tertiary/aromatic N) is 1. The number of carbonyl (C=O) groups is 1. The van der Waals surface area contributed by atoms with Crippen LogP contribution in [0.1, 0.15) is 11.1 Å². The van der Waals surface area contributed by atoms with E-state index in [-0.39, 0.29) is 6.07 Å². The Balaban J connectivity index is 3.51. The van der Waals surface area contributed by atoms with E-state index in [0.717, 1.165) is 0 Å². The number of alkyl halides is 3. The minimum atomic E-state index is -4.90. The first-order chi connectivity index (χ1) is 8.66. The van der Waals surface area contributed by atoms with Gasteiger partial charge in [0.25, 0.3) is 5.69 Å². The predicted molar refractivity (Wildman–Crippen MR) is 55.7 cm³/mol. The summed E-state index contributed by atoms with van der Waals surface area (Å²) < 4.78 is 37.8. The molecule has 0 heterocycles. The summed E-state index contributed by atoms with van der Waals surface area (Å²) >= 11 is 0. The molecular formula is C9H7F3N2O5. The Morgan fingerprint density at radius 2 is 2.00 bits per heavy atom. The maximum absolute atomic E-state index is 12.6. The largest absolute Gasteiger partial charge is 0.465 e. The lowest BCUT2D eigenvalue weighted by molar-refractivity contribution is -0.384. The first kappa shape index (κ1) is 14.7. The zero-order valence-electron chi connectivity index (χ0n) is 9.06. The molecule has 0 aromatic heterocycles. The van der Waals surface area contributed by atoms with E-state index in [1.807, 2.05) is 0 Å². The van der Waals surface area contributed by atoms with Crippen molar-refractivity contribution in [2.24, 2.45) is 0 Å². The Labute approximate surface area is 103 Å². The molecule has 0 aliphatic rings. The van der Waals surface area contributed by atoms with Crippen molar-refractivity contribution in [1.82, 2.24) is 0 Å². The van der Waals surface area contributed by atoms with E-state index in [0.29, 0.717) is 6.07 Å². The SMILES string of the molecule is O=C(O)Nc1cc(CO)c(C(F)(F)F)cc1[N+](=O)[O-]. The number of aliphatic hydroxyl groups excluding tert-OH is 1. The highest BCUT2D eigenvalue weighted by Gasteiger charge is 2.36. The molecule has 0 saturated heterocycles. The van der Waals surface area contributed by atoms with Gasteiger partial charge in [0, 0.05) is 6.07 Å². The highest BCUT2D eigenvalue weighted by Crippen LogP contribution is 2.38. The van der Waals surface area contributed by atoms with Crippen LogP contribution in [-0.4, -0.2) is 21.2 Å². The second-order valence-electron chi connectivity index (χ2n) is 3.37. The van der Waals surface area contributed by atoms with Crippen LogP contribution in [0.3, 0.4) is 0 Å². The lowest BCUT2D eigenvalue weighted by Crippen LogP contribution is -2.14. The number of aliphatic hydroxyl groups is 1. The number of halogens is 3. The van der Waals surface area contributed by atoms with Gasteiger partial charge in [-0.3, -0.25) is 15.4 Å². The topological polar surface area (TPSA) is 113 Å². The van der Waals surface area contributed by atoms with E-state index in [1.165, 1.54) is 0 Å². The molecule has 1 aromatic rings. The Hall–Kier alpha value is -2.36. The highest BCUT2D eigenvalue weighted by molar-refractivity contribution is 5.86. The van der Waals surface area contributed by atoms with Gasteiger partial charge in [-0.2, -0.15) is 13.2 Å². The molecule has 1 amide bonds. The van der Waals surface area contributed by atoms with Crippen LogP contribution in [0.5, 0.6) is 0 Å². The van der Waals surface area contributed by atoms with E-state index in [1.54, 1.807) is 5.32 Å². The summed E-state index contributed by atoms with van der Waals surface area (Å²) in [6, 6.07) is 0.756. The summed E-state index contributed by atoms with van der Waals surface area (Å²) in [4.78, 5) is 19.9. The zero-order valence-corrected chi connectivity index (χ0v) is 9.06. The van der Waals surface area contributed by atoms with Crippen LogP contribution in [0.15, 0.2) is 12.1 Å². The van der Waals surface area contributed by atoms with Crippen LogP contribution in [0.4, 0.5) is 29.3 Å². The van der Waals surface area contributed by atoms with Crippen LogP contribution in [0, 0.1) is 10.1 Å². The standard InChI is InChI=1S/C9H7F3N2O5/c10-9(11,12)5-2-7(14(18)19)6(13-8(16)17)1-4(5)3-15/h1-2,13,15H,3H2,(H,16,17). The Morgan fingerprint density at radius 1 is 1.42 bits per heavy atom. The van der Waals surface area contributed by atoms with Crippen molar-refractivity contribution in [3.8, 4) is 0 Å². The first-order valence-corrected chi connectivity index (χ1v) is 4.66. The number of rotatable bonds is 3. The second-order valence-corrected chi connectivity index (χ2v) is 3.37. The maximum Gasteiger partial charge on any atom is 0.417 e. The molecule has 0 aliphatic carbocycles. The Morgan fingerprint density at radius 3 is 2.37 bits per heavy atom. The number of hydrogen-bond acceptors (Lipinski definition) is 4. The average molecular weight is 280 g/mol. The molecule has 10 heteroatoms. The van der Waals surface area contributed by atoms with Crippen LogP contribution < -0.4 is 5.32 Å². The number of nitro benzene ring substituents is 1. The third-order valence-electron chi connectivity index (χ3n) is 2.14. The molecule has 1 rings (SSSR count). The van der Waals surface area contributed by atoms with E-state index in [2.05, 4.69) is 0 Å². The van der Waals surface area contributed by atoms with Gasteiger partial charge in [0.05, 0.1) is 17.1 Å². The molecule has 0 atom stereocenters. The monoisotopic (exact) mass is 280 g/mol. The fraction of sp³-hybridized carbons (Fsp3) is 0.222.